The van der Waals surface area contributed by atoms with Crippen LogP contribution in [0, 0.1) is 0 Å². The summed E-state index contributed by atoms with van der Waals surface area (Å²) < 4.78 is 0. The molecule has 0 amide bonds. The number of hydrogen-bond acceptors (Lipinski definition) is 0. The van der Waals surface area contributed by atoms with Gasteiger partial charge in [-0.15, -0.1) is 0 Å². The van der Waals surface area contributed by atoms with Crippen LogP contribution in [0.15, 0.2) is 0 Å². The van der Waals surface area contributed by atoms with Crippen LogP contribution < -0.4 is 0 Å². The van der Waals surface area contributed by atoms with E-state index in [0.717, 1.165) is 0 Å². The molecule has 0 heterocycles. The summed E-state index contributed by atoms with van der Waals surface area (Å²) >= 11 is 0. The maximum atomic E-state index is 0. The van der Waals surface area contributed by atoms with Crippen molar-refractivity contribution in [2.75, 3.05) is 0 Å². The molecule has 0 aromatic carbocycles. The van der Waals surface area contributed by atoms with Gasteiger partial charge in [-0.1, -0.05) is 0 Å². The summed E-state index contributed by atoms with van der Waals surface area (Å²) in [6, 6.07) is 0. The number of hydrogen-bond donors (Lipinski definition) is 0. The standard InChI is InChI=1S/3S.2V/q3*-2;2*+3. The molecule has 5 heavy (non-hydrogen) atoms. The van der Waals surface area contributed by atoms with Crippen LogP contribution in [0.5, 0.6) is 0 Å². The second kappa shape index (κ2) is 34.4. The maximum Gasteiger partial charge on any atom is 3.00 e. The summed E-state index contributed by atoms with van der Waals surface area (Å²) in [5.74, 6) is 0. The molecule has 0 nitrogen and oxygen atoms in total. The van der Waals surface area contributed by atoms with Crippen LogP contribution in [0.3, 0.4) is 0 Å². The summed E-state index contributed by atoms with van der Waals surface area (Å²) in [6.45, 7) is 0. The first-order chi connectivity index (χ1) is 0. The molecule has 0 saturated carbocycles. The monoisotopic (exact) mass is 198 g/mol. The van der Waals surface area contributed by atoms with Crippen molar-refractivity contribution in [1.82, 2.24) is 0 Å². The predicted octanol–water partition coefficient (Wildman–Crippen LogP) is -0.0122. The normalized spacial score (nSPS) is 0. The molecule has 0 unspecified atom stereocenters. The molecule has 0 N–H and O–H groups in total. The molecule has 0 fully saturated rings. The zero-order valence-corrected chi connectivity index (χ0v) is 7.36. The number of rotatable bonds is 0. The van der Waals surface area contributed by atoms with Gasteiger partial charge in [-0.2, -0.15) is 0 Å². The van der Waals surface area contributed by atoms with Crippen molar-refractivity contribution in [3.63, 3.8) is 0 Å². The molecule has 0 saturated heterocycles. The molecule has 5 heteroatoms. The van der Waals surface area contributed by atoms with Crippen LogP contribution in [0.2, 0.25) is 0 Å². The van der Waals surface area contributed by atoms with Crippen molar-refractivity contribution < 1.29 is 37.1 Å². The third kappa shape index (κ3) is 22.5. The Morgan fingerprint density at radius 1 is 0.400 bits per heavy atom. The fraction of sp³-hybridized carbons (Fsp3) is 0. The Balaban J connectivity index is 0. The van der Waals surface area contributed by atoms with Crippen molar-refractivity contribution in [1.29, 1.82) is 0 Å². The van der Waals surface area contributed by atoms with Crippen LogP contribution >= 0.6 is 0 Å². The third-order valence-electron chi connectivity index (χ3n) is 0. The molecule has 0 aromatic heterocycles. The summed E-state index contributed by atoms with van der Waals surface area (Å²) in [5.41, 5.74) is 0. The molecular weight excluding hydrogens is 198 g/mol. The first-order valence-corrected chi connectivity index (χ1v) is 0. The first kappa shape index (κ1) is 56.7. The molecule has 0 rings (SSSR count). The Hall–Kier alpha value is 2.22. The van der Waals surface area contributed by atoms with Crippen LogP contribution in [0.25, 0.3) is 0 Å². The smallest absolute Gasteiger partial charge is 2.00 e. The SMILES string of the molecule is [S-2].[S-2].[S-2].[V+3].[V+3]. The van der Waals surface area contributed by atoms with Gasteiger partial charge in [0.2, 0.25) is 0 Å². The van der Waals surface area contributed by atoms with Crippen molar-refractivity contribution in [3.8, 4) is 0 Å². The Bertz CT molecular complexity index is 4.85. The quantitative estimate of drug-likeness (QED) is 0.513. The summed E-state index contributed by atoms with van der Waals surface area (Å²) in [6.07, 6.45) is 0. The molecule has 28 valence electrons. The van der Waals surface area contributed by atoms with Crippen LogP contribution in [-0.4, -0.2) is 0 Å². The van der Waals surface area contributed by atoms with Gasteiger partial charge < -0.3 is 40.5 Å². The van der Waals surface area contributed by atoms with E-state index in [4.69, 9.17) is 0 Å². The van der Waals surface area contributed by atoms with Crippen molar-refractivity contribution in [2.24, 2.45) is 0 Å². The summed E-state index contributed by atoms with van der Waals surface area (Å²) in [7, 11) is 0. The van der Waals surface area contributed by atoms with Crippen molar-refractivity contribution in [2.45, 2.75) is 0 Å². The third-order valence-corrected chi connectivity index (χ3v) is 0. The van der Waals surface area contributed by atoms with E-state index in [0.29, 0.717) is 0 Å². The molecule has 0 aliphatic carbocycles. The van der Waals surface area contributed by atoms with Gasteiger partial charge in [0.15, 0.2) is 0 Å². The van der Waals surface area contributed by atoms with Crippen molar-refractivity contribution >= 4 is 40.5 Å². The van der Waals surface area contributed by atoms with Gasteiger partial charge in [0.05, 0.1) is 0 Å². The molecule has 0 atom stereocenters. The summed E-state index contributed by atoms with van der Waals surface area (Å²) in [4.78, 5) is 0. The van der Waals surface area contributed by atoms with Gasteiger partial charge in [-0.05, 0) is 0 Å². The molecule has 0 bridgehead atoms. The molecular formula is S3V2. The molecule has 0 aliphatic rings. The summed E-state index contributed by atoms with van der Waals surface area (Å²) in [5, 5.41) is 0. The van der Waals surface area contributed by atoms with Crippen LogP contribution in [-0.2, 0) is 77.6 Å². The van der Waals surface area contributed by atoms with E-state index in [1.54, 1.807) is 0 Å². The molecule has 0 aliphatic heterocycles. The minimum atomic E-state index is 0. The van der Waals surface area contributed by atoms with Gasteiger partial charge in [-0.25, -0.2) is 0 Å². The second-order valence-corrected chi connectivity index (χ2v) is 0. The fourth-order valence-corrected chi connectivity index (χ4v) is 0. The largest absolute Gasteiger partial charge is 3.00 e. The van der Waals surface area contributed by atoms with E-state index in [1.165, 1.54) is 0 Å². The minimum absolute atomic E-state index is 0. The zero-order chi connectivity index (χ0) is 0. The van der Waals surface area contributed by atoms with E-state index in [9.17, 15) is 0 Å². The Morgan fingerprint density at radius 2 is 0.400 bits per heavy atom. The topological polar surface area (TPSA) is 0 Å². The van der Waals surface area contributed by atoms with E-state index in [-0.39, 0.29) is 77.6 Å². The van der Waals surface area contributed by atoms with Gasteiger partial charge in [0.1, 0.15) is 0 Å². The Labute approximate surface area is 77.0 Å². The average molecular weight is 198 g/mol. The van der Waals surface area contributed by atoms with Gasteiger partial charge in [0, 0.05) is 0 Å². The molecule has 0 spiro atoms. The Morgan fingerprint density at radius 3 is 0.400 bits per heavy atom. The van der Waals surface area contributed by atoms with Crippen LogP contribution in [0.1, 0.15) is 0 Å². The molecule has 0 aromatic rings. The van der Waals surface area contributed by atoms with E-state index < -0.39 is 0 Å². The van der Waals surface area contributed by atoms with E-state index in [2.05, 4.69) is 0 Å². The minimum Gasteiger partial charge on any atom is -2.00 e. The van der Waals surface area contributed by atoms with Gasteiger partial charge >= 0.3 is 37.1 Å². The van der Waals surface area contributed by atoms with E-state index in [1.807, 2.05) is 0 Å². The second-order valence-electron chi connectivity index (χ2n) is 0. The van der Waals surface area contributed by atoms with E-state index >= 15 is 0 Å². The van der Waals surface area contributed by atoms with Crippen molar-refractivity contribution in [3.05, 3.63) is 0 Å². The fourth-order valence-electron chi connectivity index (χ4n) is 0. The van der Waals surface area contributed by atoms with Gasteiger partial charge in [-0.3, -0.25) is 0 Å². The predicted molar refractivity (Wildman–Crippen MR) is 22.1 cm³/mol. The van der Waals surface area contributed by atoms with Gasteiger partial charge in [0.25, 0.3) is 0 Å². The van der Waals surface area contributed by atoms with Crippen LogP contribution in [0.4, 0.5) is 0 Å². The zero-order valence-electron chi connectivity index (χ0n) is 2.12. The average Bonchev–Trinajstić information content (AvgIpc) is 0. The first-order valence-electron chi connectivity index (χ1n) is 0. The Kier molecular flexibility index (Phi) is 390. The maximum absolute atomic E-state index is 0. The molecule has 0 radical (unpaired) electrons.